The first kappa shape index (κ1) is 27.9. The van der Waals surface area contributed by atoms with Gasteiger partial charge < -0.3 is 10.2 Å². The van der Waals surface area contributed by atoms with Crippen molar-refractivity contribution in [3.63, 3.8) is 0 Å². The molecule has 0 aliphatic heterocycles. The Kier molecular flexibility index (Phi) is 9.75. The largest absolute Gasteiger partial charge is 0.357 e. The van der Waals surface area contributed by atoms with Crippen LogP contribution in [0.1, 0.15) is 18.9 Å². The zero-order chi connectivity index (χ0) is 26.3. The molecular formula is C26H27ClIN3O4S. The summed E-state index contributed by atoms with van der Waals surface area (Å²) in [4.78, 5) is 27.9. The lowest BCUT2D eigenvalue weighted by atomic mass is 10.1. The van der Waals surface area contributed by atoms with Crippen LogP contribution in [-0.4, -0.2) is 44.8 Å². The maximum atomic E-state index is 13.8. The van der Waals surface area contributed by atoms with Crippen LogP contribution >= 0.6 is 34.2 Å². The Morgan fingerprint density at radius 3 is 2.14 bits per heavy atom. The number of anilines is 1. The van der Waals surface area contributed by atoms with Gasteiger partial charge in [0.15, 0.2) is 0 Å². The second-order valence-corrected chi connectivity index (χ2v) is 11.5. The molecule has 0 bridgehead atoms. The molecule has 0 radical (unpaired) electrons. The maximum Gasteiger partial charge on any atom is 0.264 e. The van der Waals surface area contributed by atoms with Gasteiger partial charge in [0, 0.05) is 22.2 Å². The summed E-state index contributed by atoms with van der Waals surface area (Å²) in [6.07, 6.45) is 0.355. The number of sulfonamides is 1. The van der Waals surface area contributed by atoms with Gasteiger partial charge in [-0.3, -0.25) is 13.9 Å². The molecule has 36 heavy (non-hydrogen) atoms. The van der Waals surface area contributed by atoms with Crippen molar-refractivity contribution in [2.45, 2.75) is 30.8 Å². The Bertz CT molecular complexity index is 1290. The lowest BCUT2D eigenvalue weighted by Gasteiger charge is -2.33. The number of nitrogens with one attached hydrogen (secondary N) is 1. The quantitative estimate of drug-likeness (QED) is 0.326. The number of carbonyl (C=O) groups is 2. The molecule has 0 heterocycles. The van der Waals surface area contributed by atoms with Crippen molar-refractivity contribution < 1.29 is 18.0 Å². The zero-order valence-electron chi connectivity index (χ0n) is 19.9. The number of nitrogens with zero attached hydrogens (tertiary/aromatic N) is 2. The van der Waals surface area contributed by atoms with Gasteiger partial charge in [-0.05, 0) is 83.1 Å². The van der Waals surface area contributed by atoms with Gasteiger partial charge in [-0.15, -0.1) is 0 Å². The van der Waals surface area contributed by atoms with Gasteiger partial charge in [-0.2, -0.15) is 0 Å². The molecule has 0 saturated carbocycles. The van der Waals surface area contributed by atoms with E-state index in [1.165, 1.54) is 24.1 Å². The van der Waals surface area contributed by atoms with E-state index in [-0.39, 0.29) is 17.3 Å². The van der Waals surface area contributed by atoms with Crippen LogP contribution in [0.3, 0.4) is 0 Å². The van der Waals surface area contributed by atoms with E-state index in [0.29, 0.717) is 17.1 Å². The number of halogens is 2. The standard InChI is InChI=1S/C26H27ClIN3O4S/c1-3-24(26(33)29-2)30(17-19-9-11-20(27)12-10-19)25(32)18-31(22-15-13-21(28)14-16-22)36(34,35)23-7-5-4-6-8-23/h4-16,24H,3,17-18H2,1-2H3,(H,29,33)/t24-/m0/s1. The zero-order valence-corrected chi connectivity index (χ0v) is 23.6. The molecule has 3 aromatic rings. The van der Waals surface area contributed by atoms with Crippen LogP contribution in [-0.2, 0) is 26.2 Å². The molecule has 10 heteroatoms. The van der Waals surface area contributed by atoms with Gasteiger partial charge in [0.25, 0.3) is 10.0 Å². The number of benzene rings is 3. The second-order valence-electron chi connectivity index (χ2n) is 7.99. The van der Waals surface area contributed by atoms with Crippen LogP contribution in [0.15, 0.2) is 83.8 Å². The van der Waals surface area contributed by atoms with Crippen molar-refractivity contribution in [2.75, 3.05) is 17.9 Å². The van der Waals surface area contributed by atoms with E-state index in [1.807, 2.05) is 0 Å². The fourth-order valence-electron chi connectivity index (χ4n) is 3.73. The number of rotatable bonds is 10. The molecule has 1 N–H and O–H groups in total. The Morgan fingerprint density at radius 2 is 1.58 bits per heavy atom. The maximum absolute atomic E-state index is 13.8. The minimum atomic E-state index is -4.07. The number of amides is 2. The number of likely N-dealkylation sites (N-methyl/N-ethyl adjacent to an activating group) is 1. The summed E-state index contributed by atoms with van der Waals surface area (Å²) < 4.78 is 29.3. The Labute approximate surface area is 230 Å². The summed E-state index contributed by atoms with van der Waals surface area (Å²) in [6.45, 7) is 1.45. The van der Waals surface area contributed by atoms with Gasteiger partial charge in [-0.1, -0.05) is 48.9 Å². The van der Waals surface area contributed by atoms with E-state index in [4.69, 9.17) is 11.6 Å². The van der Waals surface area contributed by atoms with Crippen molar-refractivity contribution in [1.82, 2.24) is 10.2 Å². The summed E-state index contributed by atoms with van der Waals surface area (Å²) in [6, 6.07) is 21.0. The third kappa shape index (κ3) is 6.77. The number of hydrogen-bond acceptors (Lipinski definition) is 4. The highest BCUT2D eigenvalue weighted by molar-refractivity contribution is 14.1. The van der Waals surface area contributed by atoms with Crippen LogP contribution < -0.4 is 9.62 Å². The molecule has 2 amide bonds. The molecule has 0 unspecified atom stereocenters. The van der Waals surface area contributed by atoms with E-state index < -0.39 is 28.5 Å². The van der Waals surface area contributed by atoms with Crippen molar-refractivity contribution in [3.8, 4) is 0 Å². The molecule has 1 atom stereocenters. The molecule has 0 aromatic heterocycles. The fraction of sp³-hybridized carbons (Fsp3) is 0.231. The average Bonchev–Trinajstić information content (AvgIpc) is 2.89. The van der Waals surface area contributed by atoms with Crippen LogP contribution in [0.2, 0.25) is 5.02 Å². The highest BCUT2D eigenvalue weighted by Crippen LogP contribution is 2.25. The first-order valence-corrected chi connectivity index (χ1v) is 14.2. The summed E-state index contributed by atoms with van der Waals surface area (Å²) in [5.74, 6) is -0.829. The molecule has 190 valence electrons. The molecule has 0 aliphatic rings. The summed E-state index contributed by atoms with van der Waals surface area (Å²) >= 11 is 8.14. The van der Waals surface area contributed by atoms with Gasteiger partial charge in [-0.25, -0.2) is 8.42 Å². The third-order valence-corrected chi connectivity index (χ3v) is 8.38. The predicted molar refractivity (Wildman–Crippen MR) is 150 cm³/mol. The van der Waals surface area contributed by atoms with Gasteiger partial charge in [0.2, 0.25) is 11.8 Å². The van der Waals surface area contributed by atoms with Gasteiger partial charge in [0.05, 0.1) is 10.6 Å². The van der Waals surface area contributed by atoms with E-state index in [9.17, 15) is 18.0 Å². The fourth-order valence-corrected chi connectivity index (χ4v) is 5.65. The van der Waals surface area contributed by atoms with Gasteiger partial charge in [0.1, 0.15) is 12.6 Å². The Balaban J connectivity index is 2.03. The second kappa shape index (κ2) is 12.6. The van der Waals surface area contributed by atoms with Crippen molar-refractivity contribution >= 4 is 61.7 Å². The molecule has 3 aromatic carbocycles. The topological polar surface area (TPSA) is 86.8 Å². The monoisotopic (exact) mass is 639 g/mol. The SMILES string of the molecule is CC[C@@H](C(=O)NC)N(Cc1ccc(Cl)cc1)C(=O)CN(c1ccc(I)cc1)S(=O)(=O)c1ccccc1. The van der Waals surface area contributed by atoms with E-state index >= 15 is 0 Å². The average molecular weight is 640 g/mol. The third-order valence-electron chi connectivity index (χ3n) is 5.62. The Morgan fingerprint density at radius 1 is 0.972 bits per heavy atom. The molecule has 3 rings (SSSR count). The van der Waals surface area contributed by atoms with Crippen LogP contribution in [0, 0.1) is 3.57 Å². The van der Waals surface area contributed by atoms with E-state index in [1.54, 1.807) is 73.7 Å². The normalized spacial score (nSPS) is 12.0. The predicted octanol–water partition coefficient (Wildman–Crippen LogP) is 4.69. The minimum Gasteiger partial charge on any atom is -0.357 e. The van der Waals surface area contributed by atoms with Crippen molar-refractivity contribution in [1.29, 1.82) is 0 Å². The van der Waals surface area contributed by atoms with Crippen molar-refractivity contribution in [2.24, 2.45) is 0 Å². The van der Waals surface area contributed by atoms with Crippen molar-refractivity contribution in [3.05, 3.63) is 93.0 Å². The van der Waals surface area contributed by atoms with Crippen LogP contribution in [0.5, 0.6) is 0 Å². The lowest BCUT2D eigenvalue weighted by Crippen LogP contribution is -2.51. The number of carbonyl (C=O) groups excluding carboxylic acids is 2. The summed E-state index contributed by atoms with van der Waals surface area (Å²) in [5.41, 5.74) is 1.12. The lowest BCUT2D eigenvalue weighted by molar-refractivity contribution is -0.140. The van der Waals surface area contributed by atoms with Gasteiger partial charge >= 0.3 is 0 Å². The molecular weight excluding hydrogens is 613 g/mol. The first-order valence-electron chi connectivity index (χ1n) is 11.3. The van der Waals surface area contributed by atoms with Crippen LogP contribution in [0.25, 0.3) is 0 Å². The molecule has 0 spiro atoms. The smallest absolute Gasteiger partial charge is 0.264 e. The molecule has 0 fully saturated rings. The summed E-state index contributed by atoms with van der Waals surface area (Å²) in [5, 5.41) is 3.16. The Hall–Kier alpha value is -2.63. The minimum absolute atomic E-state index is 0.0685. The highest BCUT2D eigenvalue weighted by atomic mass is 127. The molecule has 7 nitrogen and oxygen atoms in total. The van der Waals surface area contributed by atoms with Crippen LogP contribution in [0.4, 0.5) is 5.69 Å². The first-order chi connectivity index (χ1) is 17.2. The van der Waals surface area contributed by atoms with E-state index in [2.05, 4.69) is 27.9 Å². The molecule has 0 aliphatic carbocycles. The number of hydrogen-bond donors (Lipinski definition) is 1. The molecule has 0 saturated heterocycles. The summed E-state index contributed by atoms with van der Waals surface area (Å²) in [7, 11) is -2.56. The highest BCUT2D eigenvalue weighted by Gasteiger charge is 2.33. The van der Waals surface area contributed by atoms with E-state index in [0.717, 1.165) is 13.4 Å².